The molecule has 2 N–H and O–H groups in total. The standard InChI is InChI=1S/C28H25NO4S2/c1-16-11-12-34-25(16)26-17(2)13-18(35-26)14-24(27(30)31)29-28(32)33-15-23-21-9-5-3-7-19(21)20-8-4-6-10-22(20)23/h3-13,23-24H,14-15H2,1-2H3,(H,29,32)(H,30,31). The van der Waals surface area contributed by atoms with Crippen molar-refractivity contribution in [3.05, 3.63) is 93.2 Å². The fourth-order valence-corrected chi connectivity index (χ4v) is 7.08. The van der Waals surface area contributed by atoms with Gasteiger partial charge in [0.15, 0.2) is 0 Å². The van der Waals surface area contributed by atoms with Crippen LogP contribution >= 0.6 is 22.7 Å². The van der Waals surface area contributed by atoms with E-state index in [-0.39, 0.29) is 18.9 Å². The van der Waals surface area contributed by atoms with E-state index in [1.165, 1.54) is 10.4 Å². The smallest absolute Gasteiger partial charge is 0.407 e. The molecule has 1 amide bonds. The molecular weight excluding hydrogens is 478 g/mol. The van der Waals surface area contributed by atoms with Crippen molar-refractivity contribution in [2.45, 2.75) is 32.2 Å². The Labute approximate surface area is 212 Å². The van der Waals surface area contributed by atoms with E-state index in [9.17, 15) is 14.7 Å². The third-order valence-corrected chi connectivity index (χ3v) is 8.82. The summed E-state index contributed by atoms with van der Waals surface area (Å²) >= 11 is 3.26. The lowest BCUT2D eigenvalue weighted by atomic mass is 9.98. The highest BCUT2D eigenvalue weighted by Crippen LogP contribution is 2.44. The van der Waals surface area contributed by atoms with Crippen molar-refractivity contribution >= 4 is 34.7 Å². The summed E-state index contributed by atoms with van der Waals surface area (Å²) in [5.74, 6) is -1.16. The van der Waals surface area contributed by atoms with Gasteiger partial charge < -0.3 is 15.2 Å². The Balaban J connectivity index is 1.26. The van der Waals surface area contributed by atoms with Gasteiger partial charge in [-0.2, -0.15) is 0 Å². The molecule has 1 aliphatic carbocycles. The Morgan fingerprint density at radius 2 is 1.63 bits per heavy atom. The number of ether oxygens (including phenoxy) is 1. The fraction of sp³-hybridized carbons (Fsp3) is 0.214. The van der Waals surface area contributed by atoms with Crippen LogP contribution < -0.4 is 5.32 Å². The van der Waals surface area contributed by atoms with Crippen LogP contribution in [0, 0.1) is 13.8 Å². The molecule has 0 bridgehead atoms. The normalized spacial score (nSPS) is 13.2. The maximum Gasteiger partial charge on any atom is 0.407 e. The van der Waals surface area contributed by atoms with Crippen LogP contribution in [0.2, 0.25) is 0 Å². The monoisotopic (exact) mass is 503 g/mol. The molecule has 2 heterocycles. The number of alkyl carbamates (subject to hydrolysis) is 1. The zero-order valence-electron chi connectivity index (χ0n) is 19.4. The van der Waals surface area contributed by atoms with Crippen LogP contribution in [0.15, 0.2) is 66.0 Å². The van der Waals surface area contributed by atoms with Gasteiger partial charge in [0, 0.05) is 27.0 Å². The summed E-state index contributed by atoms with van der Waals surface area (Å²) in [7, 11) is 0. The molecule has 0 fully saturated rings. The van der Waals surface area contributed by atoms with Crippen LogP contribution in [-0.2, 0) is 16.0 Å². The molecule has 2 aromatic carbocycles. The van der Waals surface area contributed by atoms with Gasteiger partial charge in [0.2, 0.25) is 0 Å². The number of fused-ring (bicyclic) bond motifs is 3. The quantitative estimate of drug-likeness (QED) is 0.297. The van der Waals surface area contributed by atoms with Crippen molar-refractivity contribution in [2.24, 2.45) is 0 Å². The molecule has 1 aliphatic rings. The van der Waals surface area contributed by atoms with Gasteiger partial charge in [0.1, 0.15) is 12.6 Å². The van der Waals surface area contributed by atoms with Gasteiger partial charge in [-0.05, 0) is 64.7 Å². The molecule has 0 saturated carbocycles. The van der Waals surface area contributed by atoms with Crippen molar-refractivity contribution in [1.82, 2.24) is 5.32 Å². The van der Waals surface area contributed by atoms with E-state index >= 15 is 0 Å². The van der Waals surface area contributed by atoms with Crippen molar-refractivity contribution < 1.29 is 19.4 Å². The summed E-state index contributed by atoms with van der Waals surface area (Å²) < 4.78 is 5.55. The number of carbonyl (C=O) groups is 2. The van der Waals surface area contributed by atoms with Crippen LogP contribution in [0.25, 0.3) is 20.9 Å². The van der Waals surface area contributed by atoms with Gasteiger partial charge in [-0.3, -0.25) is 0 Å². The topological polar surface area (TPSA) is 75.6 Å². The van der Waals surface area contributed by atoms with Crippen LogP contribution in [0.3, 0.4) is 0 Å². The number of amides is 1. The van der Waals surface area contributed by atoms with Crippen molar-refractivity contribution in [3.8, 4) is 20.9 Å². The lowest BCUT2D eigenvalue weighted by Gasteiger charge is -2.17. The second-order valence-electron chi connectivity index (χ2n) is 8.72. The number of carboxylic acid groups (broad SMARTS) is 1. The second-order valence-corrected chi connectivity index (χ2v) is 10.8. The Kier molecular flexibility index (Phi) is 6.45. The number of carbonyl (C=O) groups excluding carboxylic acids is 1. The van der Waals surface area contributed by atoms with Crippen LogP contribution in [0.5, 0.6) is 0 Å². The van der Waals surface area contributed by atoms with Gasteiger partial charge in [-0.15, -0.1) is 22.7 Å². The highest BCUT2D eigenvalue weighted by molar-refractivity contribution is 7.21. The molecule has 1 unspecified atom stereocenters. The zero-order chi connectivity index (χ0) is 24.5. The molecule has 1 atom stereocenters. The molecular formula is C28H25NO4S2. The molecule has 178 valence electrons. The van der Waals surface area contributed by atoms with E-state index in [1.54, 1.807) is 22.7 Å². The second kappa shape index (κ2) is 9.68. The molecule has 35 heavy (non-hydrogen) atoms. The lowest BCUT2D eigenvalue weighted by Crippen LogP contribution is -2.42. The van der Waals surface area contributed by atoms with Crippen LogP contribution in [-0.4, -0.2) is 29.8 Å². The van der Waals surface area contributed by atoms with Gasteiger partial charge in [0.05, 0.1) is 0 Å². The Bertz CT molecular complexity index is 1360. The summed E-state index contributed by atoms with van der Waals surface area (Å²) in [4.78, 5) is 27.8. The third-order valence-electron chi connectivity index (χ3n) is 6.38. The van der Waals surface area contributed by atoms with Gasteiger partial charge in [-0.25, -0.2) is 9.59 Å². The molecule has 7 heteroatoms. The maximum atomic E-state index is 12.6. The number of aliphatic carboxylic acids is 1. The lowest BCUT2D eigenvalue weighted by molar-refractivity contribution is -0.139. The number of hydrogen-bond acceptors (Lipinski definition) is 5. The predicted molar refractivity (Wildman–Crippen MR) is 140 cm³/mol. The molecule has 0 aliphatic heterocycles. The molecule has 0 saturated heterocycles. The highest BCUT2D eigenvalue weighted by Gasteiger charge is 2.30. The van der Waals surface area contributed by atoms with Crippen LogP contribution in [0.4, 0.5) is 4.79 Å². The predicted octanol–water partition coefficient (Wildman–Crippen LogP) is 6.63. The van der Waals surface area contributed by atoms with Crippen LogP contribution in [0.1, 0.15) is 33.0 Å². The molecule has 5 rings (SSSR count). The first-order chi connectivity index (χ1) is 16.9. The number of thiophene rings is 2. The average molecular weight is 504 g/mol. The summed E-state index contributed by atoms with van der Waals surface area (Å²) in [6, 6.07) is 19.2. The van der Waals surface area contributed by atoms with Crippen molar-refractivity contribution in [3.63, 3.8) is 0 Å². The Morgan fingerprint density at radius 3 is 2.23 bits per heavy atom. The van der Waals surface area contributed by atoms with Gasteiger partial charge in [0.25, 0.3) is 0 Å². The number of carboxylic acids is 1. The van der Waals surface area contributed by atoms with E-state index in [0.717, 1.165) is 37.6 Å². The first kappa shape index (κ1) is 23.3. The number of aryl methyl sites for hydroxylation is 2. The van der Waals surface area contributed by atoms with E-state index in [4.69, 9.17) is 4.74 Å². The first-order valence-electron chi connectivity index (χ1n) is 11.4. The third kappa shape index (κ3) is 4.61. The minimum atomic E-state index is -1.08. The zero-order valence-corrected chi connectivity index (χ0v) is 21.0. The number of hydrogen-bond donors (Lipinski definition) is 2. The van der Waals surface area contributed by atoms with E-state index in [0.29, 0.717) is 0 Å². The SMILES string of the molecule is Cc1ccsc1-c1sc(CC(NC(=O)OCC2c3ccccc3-c3ccccc32)C(=O)O)cc1C. The minimum absolute atomic E-state index is 0.0760. The van der Waals surface area contributed by atoms with Crippen molar-refractivity contribution in [2.75, 3.05) is 6.61 Å². The first-order valence-corrected chi connectivity index (χ1v) is 13.1. The van der Waals surface area contributed by atoms with Crippen molar-refractivity contribution in [1.29, 1.82) is 0 Å². The highest BCUT2D eigenvalue weighted by atomic mass is 32.1. The Morgan fingerprint density at radius 1 is 0.971 bits per heavy atom. The Hall–Kier alpha value is -3.42. The summed E-state index contributed by atoms with van der Waals surface area (Å²) in [6.07, 6.45) is -0.517. The number of rotatable bonds is 7. The molecule has 0 spiro atoms. The number of nitrogens with one attached hydrogen (secondary N) is 1. The van der Waals surface area contributed by atoms with E-state index < -0.39 is 18.1 Å². The van der Waals surface area contributed by atoms with Gasteiger partial charge in [-0.1, -0.05) is 48.5 Å². The fourth-order valence-electron chi connectivity index (χ4n) is 4.66. The molecule has 5 nitrogen and oxygen atoms in total. The molecule has 0 radical (unpaired) electrons. The minimum Gasteiger partial charge on any atom is -0.480 e. The summed E-state index contributed by atoms with van der Waals surface area (Å²) in [5.41, 5.74) is 6.83. The summed E-state index contributed by atoms with van der Waals surface area (Å²) in [6.45, 7) is 4.25. The largest absolute Gasteiger partial charge is 0.480 e. The maximum absolute atomic E-state index is 12.6. The summed E-state index contributed by atoms with van der Waals surface area (Å²) in [5, 5.41) is 14.4. The van der Waals surface area contributed by atoms with E-state index in [1.807, 2.05) is 49.4 Å². The molecule has 2 aromatic heterocycles. The van der Waals surface area contributed by atoms with E-state index in [2.05, 4.69) is 35.8 Å². The number of benzene rings is 2. The average Bonchev–Trinajstić information content (AvgIpc) is 3.52. The van der Waals surface area contributed by atoms with Gasteiger partial charge >= 0.3 is 12.1 Å². The molecule has 4 aromatic rings.